The van der Waals surface area contributed by atoms with Crippen molar-refractivity contribution in [1.29, 1.82) is 0 Å². The van der Waals surface area contributed by atoms with Crippen molar-refractivity contribution in [2.24, 2.45) is 0 Å². The van der Waals surface area contributed by atoms with Gasteiger partial charge in [-0.15, -0.1) is 0 Å². The first-order chi connectivity index (χ1) is 57.4. The highest BCUT2D eigenvalue weighted by molar-refractivity contribution is 6.27. The van der Waals surface area contributed by atoms with E-state index in [1.807, 2.05) is 84.9 Å². The van der Waals surface area contributed by atoms with Crippen molar-refractivity contribution in [2.75, 3.05) is 0 Å². The number of benzene rings is 19. The molecule has 0 bridgehead atoms. The van der Waals surface area contributed by atoms with Crippen LogP contribution in [0.3, 0.4) is 0 Å². The second kappa shape index (κ2) is 28.3. The first kappa shape index (κ1) is 67.3. The highest BCUT2D eigenvalue weighted by atomic mass is 16.3. The normalized spacial score (nSPS) is 11.6. The standard InChI is InChI=1S/C57H35N3O.C51H31N3O/c1-3-11-36(12-4-1)43-29-32-53-52(34-43)50-31-28-44(35-54(50)61-53)57-59-55(40-13-5-2-6-14-40)58-56(60-57)41-25-23-38(24-26-41)37-19-21-39(22-20-37)42-27-30-49-47-17-8-7-15-45(47)46-16-9-10-18-48(46)51(49)33-42;1-3-11-32(12-4-1)37-25-28-47-46(30-37)44-27-24-38(31-48(44)55-47)51-53-49(34-13-5-2-6-14-34)52-50(54-51)35-21-19-33(20-22-35)36-23-26-43-41-17-8-7-15-39(41)40-16-9-10-18-42(40)45(43)29-36/h1-35H;1-31H. The lowest BCUT2D eigenvalue weighted by Gasteiger charge is -2.12. The maximum Gasteiger partial charge on any atom is 0.164 e. The molecule has 0 saturated heterocycles. The van der Waals surface area contributed by atoms with Gasteiger partial charge in [0.1, 0.15) is 22.3 Å². The van der Waals surface area contributed by atoms with E-state index >= 15 is 0 Å². The number of hydrogen-bond acceptors (Lipinski definition) is 8. The predicted molar refractivity (Wildman–Crippen MR) is 479 cm³/mol. The van der Waals surface area contributed by atoms with Crippen molar-refractivity contribution < 1.29 is 8.83 Å². The van der Waals surface area contributed by atoms with Crippen LogP contribution >= 0.6 is 0 Å². The first-order valence-electron chi connectivity index (χ1n) is 39.1. The van der Waals surface area contributed by atoms with Crippen molar-refractivity contribution in [2.45, 2.75) is 0 Å². The molecule has 0 aliphatic heterocycles. The Labute approximate surface area is 667 Å². The van der Waals surface area contributed by atoms with E-state index in [1.54, 1.807) is 0 Å². The van der Waals surface area contributed by atoms with Crippen LogP contribution in [0.2, 0.25) is 0 Å². The van der Waals surface area contributed by atoms with Crippen LogP contribution in [0.5, 0.6) is 0 Å². The molecular weight excluding hydrogens is 1410 g/mol. The molecule has 540 valence electrons. The van der Waals surface area contributed by atoms with Crippen molar-refractivity contribution in [1.82, 2.24) is 29.9 Å². The minimum Gasteiger partial charge on any atom is -0.456 e. The molecule has 0 N–H and O–H groups in total. The molecule has 8 nitrogen and oxygen atoms in total. The Hall–Kier alpha value is -15.6. The summed E-state index contributed by atoms with van der Waals surface area (Å²) in [5, 5.41) is 19.6. The van der Waals surface area contributed by atoms with Crippen LogP contribution < -0.4 is 0 Å². The van der Waals surface area contributed by atoms with E-state index in [0.717, 1.165) is 111 Å². The third kappa shape index (κ3) is 12.2. The molecule has 0 aliphatic rings. The van der Waals surface area contributed by atoms with E-state index in [1.165, 1.54) is 86.9 Å². The molecule has 0 saturated carbocycles. The number of rotatable bonds is 11. The van der Waals surface area contributed by atoms with Crippen molar-refractivity contribution in [3.05, 3.63) is 400 Å². The Morgan fingerprint density at radius 1 is 0.112 bits per heavy atom. The quantitative estimate of drug-likeness (QED) is 0.118. The lowest BCUT2D eigenvalue weighted by atomic mass is 9.92. The van der Waals surface area contributed by atoms with Gasteiger partial charge in [0.2, 0.25) is 0 Å². The van der Waals surface area contributed by atoms with E-state index in [-0.39, 0.29) is 0 Å². The lowest BCUT2D eigenvalue weighted by molar-refractivity contribution is 0.668. The van der Waals surface area contributed by atoms with E-state index < -0.39 is 0 Å². The molecule has 23 aromatic rings. The first-order valence-corrected chi connectivity index (χ1v) is 39.1. The summed E-state index contributed by atoms with van der Waals surface area (Å²) in [7, 11) is 0. The molecule has 0 spiro atoms. The maximum absolute atomic E-state index is 6.40. The van der Waals surface area contributed by atoms with Gasteiger partial charge in [0.15, 0.2) is 34.9 Å². The predicted octanol–water partition coefficient (Wildman–Crippen LogP) is 28.8. The minimum absolute atomic E-state index is 0.589. The van der Waals surface area contributed by atoms with Crippen molar-refractivity contribution >= 4 is 109 Å². The summed E-state index contributed by atoms with van der Waals surface area (Å²) in [5.74, 6) is 3.64. The molecule has 0 amide bonds. The molecule has 116 heavy (non-hydrogen) atoms. The number of furan rings is 2. The van der Waals surface area contributed by atoms with Crippen LogP contribution in [0.1, 0.15) is 0 Å². The van der Waals surface area contributed by atoms with Crippen LogP contribution in [-0.4, -0.2) is 29.9 Å². The van der Waals surface area contributed by atoms with Gasteiger partial charge in [-0.25, -0.2) is 29.9 Å². The van der Waals surface area contributed by atoms with Gasteiger partial charge in [0.25, 0.3) is 0 Å². The molecule has 0 unspecified atom stereocenters. The summed E-state index contributed by atoms with van der Waals surface area (Å²) in [4.78, 5) is 30.1. The fourth-order valence-corrected chi connectivity index (χ4v) is 16.8. The molecule has 0 atom stereocenters. The van der Waals surface area contributed by atoms with E-state index in [4.69, 9.17) is 38.7 Å². The second-order valence-electron chi connectivity index (χ2n) is 29.6. The summed E-state index contributed by atoms with van der Waals surface area (Å²) in [6, 6.07) is 141. The number of nitrogens with zero attached hydrogens (tertiary/aromatic N) is 6. The number of fused-ring (bicyclic) bond motifs is 18. The van der Waals surface area contributed by atoms with E-state index in [9.17, 15) is 0 Å². The van der Waals surface area contributed by atoms with Gasteiger partial charge < -0.3 is 8.83 Å². The summed E-state index contributed by atoms with van der Waals surface area (Å²) in [5.41, 5.74) is 20.3. The molecule has 23 rings (SSSR count). The second-order valence-corrected chi connectivity index (χ2v) is 29.6. The van der Waals surface area contributed by atoms with Crippen molar-refractivity contribution in [3.8, 4) is 124 Å². The van der Waals surface area contributed by atoms with Gasteiger partial charge in [-0.2, -0.15) is 0 Å². The summed E-state index contributed by atoms with van der Waals surface area (Å²) >= 11 is 0. The molecule has 0 radical (unpaired) electrons. The topological polar surface area (TPSA) is 104 Å². The summed E-state index contributed by atoms with van der Waals surface area (Å²) in [6.45, 7) is 0. The zero-order valence-corrected chi connectivity index (χ0v) is 62.6. The number of hydrogen-bond donors (Lipinski definition) is 0. The van der Waals surface area contributed by atoms with E-state index in [2.05, 4.69) is 315 Å². The summed E-state index contributed by atoms with van der Waals surface area (Å²) < 4.78 is 12.8. The van der Waals surface area contributed by atoms with Gasteiger partial charge in [-0.3, -0.25) is 0 Å². The average molecular weight is 1480 g/mol. The Morgan fingerprint density at radius 2 is 0.302 bits per heavy atom. The van der Waals surface area contributed by atoms with Gasteiger partial charge in [0, 0.05) is 54.9 Å². The van der Waals surface area contributed by atoms with Gasteiger partial charge >= 0.3 is 0 Å². The zero-order valence-electron chi connectivity index (χ0n) is 62.6. The highest BCUT2D eigenvalue weighted by Crippen LogP contribution is 2.43. The molecule has 4 heterocycles. The van der Waals surface area contributed by atoms with Crippen LogP contribution in [0.25, 0.3) is 232 Å². The zero-order chi connectivity index (χ0) is 76.6. The molecule has 0 fully saturated rings. The van der Waals surface area contributed by atoms with Crippen LogP contribution in [0, 0.1) is 0 Å². The van der Waals surface area contributed by atoms with Crippen LogP contribution in [0.15, 0.2) is 409 Å². The van der Waals surface area contributed by atoms with E-state index in [0.29, 0.717) is 34.9 Å². The largest absolute Gasteiger partial charge is 0.456 e. The Kier molecular flexibility index (Phi) is 16.4. The fourth-order valence-electron chi connectivity index (χ4n) is 16.8. The smallest absolute Gasteiger partial charge is 0.164 e. The van der Waals surface area contributed by atoms with Gasteiger partial charge in [0.05, 0.1) is 0 Å². The Balaban J connectivity index is 0.000000141. The molecule has 4 aromatic heterocycles. The number of aromatic nitrogens is 6. The molecule has 8 heteroatoms. The third-order valence-corrected chi connectivity index (χ3v) is 22.7. The minimum atomic E-state index is 0.589. The SMILES string of the molecule is c1ccc(-c2ccc3oc4cc(-c5nc(-c6ccccc6)nc(-c6ccc(-c7ccc(-c8ccc9c%10ccccc%10c%10ccccc%10c9c8)cc7)cc6)n5)ccc4c3c2)cc1.c1ccc(-c2ccc3oc4cc(-c5nc(-c6ccccc6)nc(-c6ccc(-c7ccc8c9ccccc9c9ccccc9c8c7)cc6)n5)ccc4c3c2)cc1. The van der Waals surface area contributed by atoms with Gasteiger partial charge in [-0.1, -0.05) is 340 Å². The van der Waals surface area contributed by atoms with Crippen LogP contribution in [0.4, 0.5) is 0 Å². The highest BCUT2D eigenvalue weighted by Gasteiger charge is 2.21. The van der Waals surface area contributed by atoms with Crippen molar-refractivity contribution in [3.63, 3.8) is 0 Å². The monoisotopic (exact) mass is 1480 g/mol. The third-order valence-electron chi connectivity index (χ3n) is 22.7. The Bertz CT molecular complexity index is 7710. The van der Waals surface area contributed by atoms with Crippen LogP contribution in [-0.2, 0) is 0 Å². The Morgan fingerprint density at radius 3 is 0.612 bits per heavy atom. The summed E-state index contributed by atoms with van der Waals surface area (Å²) in [6.07, 6.45) is 0. The lowest BCUT2D eigenvalue weighted by Crippen LogP contribution is -2.00. The van der Waals surface area contributed by atoms with Gasteiger partial charge in [-0.05, 0) is 181 Å². The fraction of sp³-hybridized carbons (Fsp3) is 0. The molecular formula is C108H66N6O2. The molecule has 19 aromatic carbocycles. The molecule has 0 aliphatic carbocycles. The maximum atomic E-state index is 6.40. The average Bonchev–Trinajstić information content (AvgIpc) is 1.08.